The molecule has 1 saturated heterocycles. The maximum atomic E-state index is 12.3. The molecule has 2 aliphatic rings. The Bertz CT molecular complexity index is 715. The van der Waals surface area contributed by atoms with Crippen molar-refractivity contribution in [2.75, 3.05) is 0 Å². The number of hydrogen-bond acceptors (Lipinski definition) is 4. The van der Waals surface area contributed by atoms with Gasteiger partial charge in [-0.3, -0.25) is 19.5 Å². The van der Waals surface area contributed by atoms with Crippen molar-refractivity contribution in [1.82, 2.24) is 20.8 Å². The Morgan fingerprint density at radius 3 is 2.63 bits per heavy atom. The molecule has 1 fully saturated rings. The van der Waals surface area contributed by atoms with E-state index in [2.05, 4.69) is 20.8 Å². The number of carboxylic acid groups (broad SMARTS) is 1. The quantitative estimate of drug-likeness (QED) is 0.513. The van der Waals surface area contributed by atoms with E-state index in [4.69, 9.17) is 5.11 Å². The van der Waals surface area contributed by atoms with Crippen LogP contribution in [0.5, 0.6) is 0 Å². The number of aryl methyl sites for hydroxylation is 1. The van der Waals surface area contributed by atoms with Crippen LogP contribution in [0.3, 0.4) is 0 Å². The van der Waals surface area contributed by atoms with E-state index < -0.39 is 11.5 Å². The maximum Gasteiger partial charge on any atom is 0.303 e. The molecule has 0 saturated carbocycles. The smallest absolute Gasteiger partial charge is 0.303 e. The monoisotopic (exact) mass is 376 g/mol. The number of carbonyl (C=O) groups excluding carboxylic acids is 2. The molecule has 1 atom stereocenters. The highest BCUT2D eigenvalue weighted by molar-refractivity contribution is 5.80. The van der Waals surface area contributed by atoms with E-state index in [1.54, 1.807) is 0 Å². The highest BCUT2D eigenvalue weighted by atomic mass is 16.4. The third kappa shape index (κ3) is 5.08. The van der Waals surface area contributed by atoms with Crippen molar-refractivity contribution in [3.05, 3.63) is 17.0 Å². The largest absolute Gasteiger partial charge is 0.481 e. The second-order valence-corrected chi connectivity index (χ2v) is 7.69. The Kier molecular flexibility index (Phi) is 6.13. The summed E-state index contributed by atoms with van der Waals surface area (Å²) in [6.45, 7) is 0.402. The molecule has 2 amide bonds. The lowest BCUT2D eigenvalue weighted by molar-refractivity contribution is -0.137. The molecule has 1 aromatic rings. The van der Waals surface area contributed by atoms with Crippen LogP contribution in [0.15, 0.2) is 0 Å². The SMILES string of the molecule is O=C(O)CCC1(CCC(=O)NCc2n[nH]c3c2CCCCC3)CCC(=O)N1. The molecule has 27 heavy (non-hydrogen) atoms. The number of nitrogens with zero attached hydrogens (tertiary/aromatic N) is 1. The van der Waals surface area contributed by atoms with Crippen LogP contribution in [-0.2, 0) is 33.8 Å². The second-order valence-electron chi connectivity index (χ2n) is 7.69. The normalized spacial score (nSPS) is 22.0. The molecule has 3 rings (SSSR count). The highest BCUT2D eigenvalue weighted by Gasteiger charge is 2.37. The van der Waals surface area contributed by atoms with Crippen molar-refractivity contribution in [2.24, 2.45) is 0 Å². The van der Waals surface area contributed by atoms with Crippen LogP contribution in [0.2, 0.25) is 0 Å². The van der Waals surface area contributed by atoms with Gasteiger partial charge in [0.1, 0.15) is 0 Å². The third-order valence-corrected chi connectivity index (χ3v) is 5.73. The lowest BCUT2D eigenvalue weighted by atomic mass is 9.86. The van der Waals surface area contributed by atoms with Gasteiger partial charge in [0.25, 0.3) is 0 Å². The molecule has 148 valence electrons. The van der Waals surface area contributed by atoms with E-state index in [9.17, 15) is 14.4 Å². The van der Waals surface area contributed by atoms with Gasteiger partial charge in [-0.2, -0.15) is 5.10 Å². The van der Waals surface area contributed by atoms with Gasteiger partial charge in [-0.25, -0.2) is 0 Å². The van der Waals surface area contributed by atoms with E-state index in [1.165, 1.54) is 24.1 Å². The Morgan fingerprint density at radius 1 is 1.11 bits per heavy atom. The second kappa shape index (κ2) is 8.54. The number of aromatic amines is 1. The minimum atomic E-state index is -0.890. The molecular weight excluding hydrogens is 348 g/mol. The van der Waals surface area contributed by atoms with Crippen LogP contribution < -0.4 is 10.6 Å². The minimum Gasteiger partial charge on any atom is -0.481 e. The zero-order chi connectivity index (χ0) is 19.3. The van der Waals surface area contributed by atoms with Crippen molar-refractivity contribution < 1.29 is 19.5 Å². The molecule has 2 heterocycles. The number of H-pyrrole nitrogens is 1. The summed E-state index contributed by atoms with van der Waals surface area (Å²) in [5.74, 6) is -1.06. The van der Waals surface area contributed by atoms with Crippen molar-refractivity contribution in [2.45, 2.75) is 82.7 Å². The van der Waals surface area contributed by atoms with E-state index in [0.29, 0.717) is 32.2 Å². The van der Waals surface area contributed by atoms with E-state index in [-0.39, 0.29) is 24.7 Å². The van der Waals surface area contributed by atoms with Crippen molar-refractivity contribution in [3.63, 3.8) is 0 Å². The maximum absolute atomic E-state index is 12.3. The number of amides is 2. The first-order valence-corrected chi connectivity index (χ1v) is 9.82. The van der Waals surface area contributed by atoms with Crippen molar-refractivity contribution in [3.8, 4) is 0 Å². The Balaban J connectivity index is 1.51. The van der Waals surface area contributed by atoms with Gasteiger partial charge in [0.2, 0.25) is 11.8 Å². The lowest BCUT2D eigenvalue weighted by Gasteiger charge is -2.28. The zero-order valence-corrected chi connectivity index (χ0v) is 15.6. The Morgan fingerprint density at radius 2 is 1.89 bits per heavy atom. The number of aromatic nitrogens is 2. The molecule has 0 radical (unpaired) electrons. The number of carbonyl (C=O) groups is 3. The fourth-order valence-corrected chi connectivity index (χ4v) is 4.12. The summed E-state index contributed by atoms with van der Waals surface area (Å²) >= 11 is 0. The van der Waals surface area contributed by atoms with E-state index in [0.717, 1.165) is 25.0 Å². The fraction of sp³-hybridized carbons (Fsp3) is 0.684. The average Bonchev–Trinajstić information content (AvgIpc) is 3.12. The molecule has 1 aliphatic carbocycles. The summed E-state index contributed by atoms with van der Waals surface area (Å²) in [5, 5.41) is 22.2. The van der Waals surface area contributed by atoms with Gasteiger partial charge in [-0.05, 0) is 50.5 Å². The van der Waals surface area contributed by atoms with Crippen LogP contribution in [0.25, 0.3) is 0 Å². The first-order valence-electron chi connectivity index (χ1n) is 9.82. The number of hydrogen-bond donors (Lipinski definition) is 4. The molecule has 0 bridgehead atoms. The summed E-state index contributed by atoms with van der Waals surface area (Å²) in [6, 6.07) is 0. The number of fused-ring (bicyclic) bond motifs is 1. The van der Waals surface area contributed by atoms with Gasteiger partial charge in [0, 0.05) is 30.5 Å². The number of nitrogens with one attached hydrogen (secondary N) is 3. The molecule has 1 aromatic heterocycles. The summed E-state index contributed by atoms with van der Waals surface area (Å²) in [5.41, 5.74) is 2.78. The molecule has 8 nitrogen and oxygen atoms in total. The van der Waals surface area contributed by atoms with Gasteiger partial charge in [-0.15, -0.1) is 0 Å². The third-order valence-electron chi connectivity index (χ3n) is 5.73. The van der Waals surface area contributed by atoms with Crippen LogP contribution >= 0.6 is 0 Å². The predicted octanol–water partition coefficient (Wildman–Crippen LogP) is 1.59. The molecule has 4 N–H and O–H groups in total. The van der Waals surface area contributed by atoms with E-state index in [1.807, 2.05) is 0 Å². The van der Waals surface area contributed by atoms with E-state index >= 15 is 0 Å². The number of carboxylic acids is 1. The average molecular weight is 376 g/mol. The highest BCUT2D eigenvalue weighted by Crippen LogP contribution is 2.30. The molecule has 0 aromatic carbocycles. The number of rotatable bonds is 8. The van der Waals surface area contributed by atoms with Gasteiger partial charge in [-0.1, -0.05) is 6.42 Å². The summed E-state index contributed by atoms with van der Waals surface area (Å²) in [4.78, 5) is 34.8. The predicted molar refractivity (Wildman–Crippen MR) is 97.9 cm³/mol. The number of aliphatic carboxylic acids is 1. The lowest BCUT2D eigenvalue weighted by Crippen LogP contribution is -2.43. The minimum absolute atomic E-state index is 0.0126. The summed E-state index contributed by atoms with van der Waals surface area (Å²) in [7, 11) is 0. The first kappa shape index (κ1) is 19.4. The van der Waals surface area contributed by atoms with Gasteiger partial charge >= 0.3 is 5.97 Å². The molecular formula is C19H28N4O4. The van der Waals surface area contributed by atoms with Crippen molar-refractivity contribution >= 4 is 17.8 Å². The summed E-state index contributed by atoms with van der Waals surface area (Å²) < 4.78 is 0. The molecule has 1 aliphatic heterocycles. The summed E-state index contributed by atoms with van der Waals surface area (Å²) in [6.07, 6.45) is 7.59. The molecule has 1 unspecified atom stereocenters. The van der Waals surface area contributed by atoms with Crippen LogP contribution in [0.4, 0.5) is 0 Å². The van der Waals surface area contributed by atoms with Crippen LogP contribution in [0, 0.1) is 0 Å². The topological polar surface area (TPSA) is 124 Å². The Hall–Kier alpha value is -2.38. The van der Waals surface area contributed by atoms with Gasteiger partial charge < -0.3 is 15.7 Å². The zero-order valence-electron chi connectivity index (χ0n) is 15.6. The first-order chi connectivity index (χ1) is 13.0. The van der Waals surface area contributed by atoms with Crippen LogP contribution in [0.1, 0.15) is 74.7 Å². The molecule has 8 heteroatoms. The fourth-order valence-electron chi connectivity index (χ4n) is 4.12. The van der Waals surface area contributed by atoms with Gasteiger partial charge in [0.05, 0.1) is 12.2 Å². The van der Waals surface area contributed by atoms with Crippen molar-refractivity contribution in [1.29, 1.82) is 0 Å². The standard InChI is InChI=1S/C19H28N4O4/c24-16(6-9-19(11-8-18(26)27)10-7-17(25)21-19)20-12-15-13-4-2-1-3-5-14(13)22-23-15/h1-12H2,(H,20,24)(H,21,25)(H,22,23)(H,26,27). The Labute approximate surface area is 158 Å². The van der Waals surface area contributed by atoms with Crippen LogP contribution in [-0.4, -0.2) is 38.6 Å². The van der Waals surface area contributed by atoms with Gasteiger partial charge in [0.15, 0.2) is 0 Å². The molecule has 0 spiro atoms.